The van der Waals surface area contributed by atoms with E-state index in [9.17, 15) is 0 Å². The highest BCUT2D eigenvalue weighted by molar-refractivity contribution is 6.14. The Kier molecular flexibility index (Phi) is 4.86. The number of amidine groups is 1. The zero-order chi connectivity index (χ0) is 14.9. The lowest BCUT2D eigenvalue weighted by Crippen LogP contribution is -2.45. The Morgan fingerprint density at radius 1 is 1.15 bits per heavy atom. The van der Waals surface area contributed by atoms with E-state index < -0.39 is 0 Å². The van der Waals surface area contributed by atoms with E-state index in [1.807, 2.05) is 0 Å². The molecule has 2 aliphatic rings. The van der Waals surface area contributed by atoms with Crippen LogP contribution in [-0.4, -0.2) is 36.7 Å². The third-order valence-electron chi connectivity index (χ3n) is 4.93. The Bertz CT molecular complexity index is 360. The molecule has 0 amide bonds. The SMILES string of the molecule is [B]C1(C)CCCC2N=C(C(C)C)N(C(C)C)C2CCC1. The van der Waals surface area contributed by atoms with E-state index in [-0.39, 0.29) is 5.31 Å². The third kappa shape index (κ3) is 3.40. The van der Waals surface area contributed by atoms with Gasteiger partial charge in [0.25, 0.3) is 0 Å². The highest BCUT2D eigenvalue weighted by Gasteiger charge is 2.38. The fourth-order valence-corrected chi connectivity index (χ4v) is 3.92. The van der Waals surface area contributed by atoms with Crippen LogP contribution in [0.3, 0.4) is 0 Å². The molecule has 0 aromatic heterocycles. The van der Waals surface area contributed by atoms with Crippen molar-refractivity contribution in [3.8, 4) is 0 Å². The number of hydrogen-bond acceptors (Lipinski definition) is 2. The van der Waals surface area contributed by atoms with Crippen LogP contribution >= 0.6 is 0 Å². The first kappa shape index (κ1) is 15.9. The van der Waals surface area contributed by atoms with Gasteiger partial charge in [0.2, 0.25) is 0 Å². The summed E-state index contributed by atoms with van der Waals surface area (Å²) in [5.41, 5.74) is 0. The monoisotopic (exact) mass is 274 g/mol. The van der Waals surface area contributed by atoms with Gasteiger partial charge in [-0.2, -0.15) is 0 Å². The summed E-state index contributed by atoms with van der Waals surface area (Å²) in [7, 11) is 6.39. The first-order valence-corrected chi connectivity index (χ1v) is 8.47. The van der Waals surface area contributed by atoms with E-state index in [2.05, 4.69) is 39.5 Å². The van der Waals surface area contributed by atoms with Crippen molar-refractivity contribution in [2.45, 2.75) is 96.6 Å². The second kappa shape index (κ2) is 6.11. The number of nitrogens with zero attached hydrogens (tertiary/aromatic N) is 2. The quantitative estimate of drug-likeness (QED) is 0.689. The number of hydrogen-bond donors (Lipinski definition) is 0. The summed E-state index contributed by atoms with van der Waals surface area (Å²) in [6.07, 6.45) is 7.20. The second-order valence-electron chi connectivity index (χ2n) is 7.72. The molecule has 1 aliphatic carbocycles. The lowest BCUT2D eigenvalue weighted by atomic mass is 9.64. The molecule has 0 saturated heterocycles. The Morgan fingerprint density at radius 3 is 2.30 bits per heavy atom. The summed E-state index contributed by atoms with van der Waals surface area (Å²) in [6.45, 7) is 11.4. The van der Waals surface area contributed by atoms with Gasteiger partial charge in [-0.05, 0) is 26.7 Å². The summed E-state index contributed by atoms with van der Waals surface area (Å²) in [4.78, 5) is 7.71. The smallest absolute Gasteiger partial charge is 0.102 e. The maximum Gasteiger partial charge on any atom is 0.102 e. The van der Waals surface area contributed by atoms with E-state index in [0.29, 0.717) is 24.0 Å². The zero-order valence-corrected chi connectivity index (χ0v) is 14.0. The fraction of sp³-hybridized carbons (Fsp3) is 0.941. The molecule has 0 spiro atoms. The van der Waals surface area contributed by atoms with Crippen LogP contribution in [-0.2, 0) is 0 Å². The standard InChI is InChI=1S/C17H31BN2/c1-12(2)16-19-14-8-6-10-17(5,18)11-7-9-15(14)20(16)13(3)4/h12-15H,6-11H2,1-5H3. The molecule has 1 heterocycles. The van der Waals surface area contributed by atoms with Gasteiger partial charge in [-0.25, -0.2) is 0 Å². The van der Waals surface area contributed by atoms with Crippen molar-refractivity contribution in [3.05, 3.63) is 0 Å². The third-order valence-corrected chi connectivity index (χ3v) is 4.93. The maximum atomic E-state index is 6.39. The average Bonchev–Trinajstić information content (AvgIpc) is 2.69. The van der Waals surface area contributed by atoms with Crippen LogP contribution in [0.4, 0.5) is 0 Å². The second-order valence-corrected chi connectivity index (χ2v) is 7.72. The minimum absolute atomic E-state index is 0.0336. The van der Waals surface area contributed by atoms with Crippen molar-refractivity contribution in [1.29, 1.82) is 0 Å². The lowest BCUT2D eigenvalue weighted by Gasteiger charge is -2.35. The molecule has 2 radical (unpaired) electrons. The summed E-state index contributed by atoms with van der Waals surface area (Å²) < 4.78 is 0. The normalized spacial score (nSPS) is 35.5. The molecule has 0 bridgehead atoms. The molecule has 2 rings (SSSR count). The predicted octanol–water partition coefficient (Wildman–Crippen LogP) is 4.20. The summed E-state index contributed by atoms with van der Waals surface area (Å²) in [5, 5.41) is 0.0336. The van der Waals surface area contributed by atoms with E-state index in [0.717, 1.165) is 12.8 Å². The van der Waals surface area contributed by atoms with Gasteiger partial charge in [-0.1, -0.05) is 51.8 Å². The molecule has 3 heteroatoms. The van der Waals surface area contributed by atoms with Gasteiger partial charge in [0, 0.05) is 12.0 Å². The van der Waals surface area contributed by atoms with Gasteiger partial charge >= 0.3 is 0 Å². The summed E-state index contributed by atoms with van der Waals surface area (Å²) in [5.74, 6) is 1.87. The van der Waals surface area contributed by atoms with E-state index in [4.69, 9.17) is 12.8 Å². The number of rotatable bonds is 2. The highest BCUT2D eigenvalue weighted by atomic mass is 15.3. The molecule has 112 valence electrons. The van der Waals surface area contributed by atoms with Crippen molar-refractivity contribution < 1.29 is 0 Å². The largest absolute Gasteiger partial charge is 0.353 e. The van der Waals surface area contributed by atoms with Crippen molar-refractivity contribution >= 4 is 13.7 Å². The van der Waals surface area contributed by atoms with Crippen molar-refractivity contribution in [3.63, 3.8) is 0 Å². The fourth-order valence-electron chi connectivity index (χ4n) is 3.92. The van der Waals surface area contributed by atoms with Crippen LogP contribution < -0.4 is 0 Å². The molecule has 3 atom stereocenters. The predicted molar refractivity (Wildman–Crippen MR) is 88.6 cm³/mol. The first-order valence-electron chi connectivity index (χ1n) is 8.47. The zero-order valence-electron chi connectivity index (χ0n) is 14.0. The van der Waals surface area contributed by atoms with Gasteiger partial charge in [0.15, 0.2) is 0 Å². The average molecular weight is 274 g/mol. The minimum Gasteiger partial charge on any atom is -0.353 e. The van der Waals surface area contributed by atoms with Crippen LogP contribution in [0.5, 0.6) is 0 Å². The van der Waals surface area contributed by atoms with Crippen molar-refractivity contribution in [2.24, 2.45) is 10.9 Å². The van der Waals surface area contributed by atoms with Crippen molar-refractivity contribution in [1.82, 2.24) is 4.90 Å². The Balaban J connectivity index is 2.18. The van der Waals surface area contributed by atoms with Crippen LogP contribution in [0.1, 0.15) is 73.1 Å². The number of aliphatic imine (C=N–C) groups is 1. The molecular formula is C17H31BN2. The van der Waals surface area contributed by atoms with E-state index >= 15 is 0 Å². The molecular weight excluding hydrogens is 243 g/mol. The number of fused-ring (bicyclic) bond motifs is 1. The molecule has 1 aliphatic heterocycles. The Morgan fingerprint density at radius 2 is 1.75 bits per heavy atom. The summed E-state index contributed by atoms with van der Waals surface area (Å²) in [6, 6.07) is 1.67. The molecule has 1 fully saturated rings. The molecule has 3 unspecified atom stereocenters. The van der Waals surface area contributed by atoms with Gasteiger partial charge in [-0.15, -0.1) is 0 Å². The Hall–Kier alpha value is -0.465. The Labute approximate surface area is 126 Å². The molecule has 0 N–H and O–H groups in total. The molecule has 0 aromatic carbocycles. The summed E-state index contributed by atoms with van der Waals surface area (Å²) >= 11 is 0. The molecule has 20 heavy (non-hydrogen) atoms. The van der Waals surface area contributed by atoms with Crippen molar-refractivity contribution in [2.75, 3.05) is 0 Å². The van der Waals surface area contributed by atoms with Crippen LogP contribution in [0.15, 0.2) is 4.99 Å². The first-order chi connectivity index (χ1) is 9.32. The van der Waals surface area contributed by atoms with Crippen LogP contribution in [0.2, 0.25) is 5.31 Å². The highest BCUT2D eigenvalue weighted by Crippen LogP contribution is 2.39. The maximum absolute atomic E-state index is 6.39. The van der Waals surface area contributed by atoms with Gasteiger partial charge in [0.1, 0.15) is 5.84 Å². The molecule has 2 nitrogen and oxygen atoms in total. The van der Waals surface area contributed by atoms with E-state index in [1.165, 1.54) is 31.5 Å². The van der Waals surface area contributed by atoms with Gasteiger partial charge in [0.05, 0.1) is 19.9 Å². The van der Waals surface area contributed by atoms with Gasteiger partial charge in [-0.3, -0.25) is 4.99 Å². The molecule has 1 saturated carbocycles. The van der Waals surface area contributed by atoms with Gasteiger partial charge < -0.3 is 4.90 Å². The van der Waals surface area contributed by atoms with Crippen LogP contribution in [0.25, 0.3) is 0 Å². The van der Waals surface area contributed by atoms with Crippen LogP contribution in [0, 0.1) is 5.92 Å². The topological polar surface area (TPSA) is 15.6 Å². The van der Waals surface area contributed by atoms with E-state index in [1.54, 1.807) is 0 Å². The lowest BCUT2D eigenvalue weighted by molar-refractivity contribution is 0.231. The molecule has 0 aromatic rings. The minimum atomic E-state index is 0.0336.